The van der Waals surface area contributed by atoms with Crippen molar-refractivity contribution in [1.29, 1.82) is 0 Å². The van der Waals surface area contributed by atoms with Crippen molar-refractivity contribution < 1.29 is 5.11 Å². The minimum absolute atomic E-state index is 0.0344. The molecule has 1 aromatic carbocycles. The third-order valence-corrected chi connectivity index (χ3v) is 4.79. The summed E-state index contributed by atoms with van der Waals surface area (Å²) in [5.41, 5.74) is 2.89. The van der Waals surface area contributed by atoms with Gasteiger partial charge in [0.15, 0.2) is 0 Å². The molecular weight excluding hydrogens is 290 g/mol. The highest BCUT2D eigenvalue weighted by Gasteiger charge is 2.36. The monoisotopic (exact) mass is 309 g/mol. The lowest BCUT2D eigenvalue weighted by atomic mass is 9.69. The minimum Gasteiger partial charge on any atom is -0.396 e. The average Bonchev–Trinajstić information content (AvgIpc) is 3.02. The van der Waals surface area contributed by atoms with Gasteiger partial charge in [-0.1, -0.05) is 12.5 Å². The van der Waals surface area contributed by atoms with Gasteiger partial charge in [-0.2, -0.15) is 5.10 Å². The molecule has 2 aromatic heterocycles. The van der Waals surface area contributed by atoms with Crippen LogP contribution in [0, 0.1) is 5.41 Å². The smallest absolute Gasteiger partial charge is 0.148 e. The van der Waals surface area contributed by atoms with Gasteiger partial charge in [0.05, 0.1) is 24.0 Å². The number of aromatic amines is 1. The molecule has 3 aromatic rings. The SMILES string of the molecule is OCC1(CNc2ccc(-c3ccc4[nH]ncc4c3)nn2)CCC1. The number of aliphatic hydroxyl groups is 1. The standard InChI is InChI=1S/C17H19N5O/c23-11-17(6-1-7-17)10-18-16-5-4-14(21-22-16)12-2-3-15-13(8-12)9-19-20-15/h2-5,8-9,23H,1,6-7,10-11H2,(H,18,22)(H,19,20). The maximum Gasteiger partial charge on any atom is 0.148 e. The predicted molar refractivity (Wildman–Crippen MR) is 89.0 cm³/mol. The van der Waals surface area contributed by atoms with Crippen LogP contribution in [0.5, 0.6) is 0 Å². The fraction of sp³-hybridized carbons (Fsp3) is 0.353. The van der Waals surface area contributed by atoms with Crippen LogP contribution in [0.25, 0.3) is 22.2 Å². The van der Waals surface area contributed by atoms with Crippen molar-refractivity contribution in [3.05, 3.63) is 36.5 Å². The predicted octanol–water partition coefficient (Wildman–Crippen LogP) is 2.59. The first kappa shape index (κ1) is 14.1. The van der Waals surface area contributed by atoms with Crippen LogP contribution in [-0.4, -0.2) is 38.7 Å². The average molecular weight is 309 g/mol. The van der Waals surface area contributed by atoms with E-state index in [0.717, 1.165) is 47.4 Å². The van der Waals surface area contributed by atoms with E-state index in [-0.39, 0.29) is 12.0 Å². The summed E-state index contributed by atoms with van der Waals surface area (Å²) < 4.78 is 0. The number of nitrogens with one attached hydrogen (secondary N) is 2. The molecule has 6 heteroatoms. The van der Waals surface area contributed by atoms with E-state index < -0.39 is 0 Å². The van der Waals surface area contributed by atoms with E-state index in [1.165, 1.54) is 6.42 Å². The van der Waals surface area contributed by atoms with Crippen LogP contribution in [0.2, 0.25) is 0 Å². The van der Waals surface area contributed by atoms with E-state index in [9.17, 15) is 5.11 Å². The van der Waals surface area contributed by atoms with Gasteiger partial charge in [0.1, 0.15) is 5.82 Å². The Morgan fingerprint density at radius 2 is 2.09 bits per heavy atom. The molecule has 1 fully saturated rings. The Morgan fingerprint density at radius 1 is 1.17 bits per heavy atom. The number of rotatable bonds is 5. The van der Waals surface area contributed by atoms with Crippen molar-refractivity contribution in [3.63, 3.8) is 0 Å². The number of hydrogen-bond donors (Lipinski definition) is 3. The summed E-state index contributed by atoms with van der Waals surface area (Å²) in [6.07, 6.45) is 5.15. The Bertz CT molecular complexity index is 802. The van der Waals surface area contributed by atoms with Gasteiger partial charge in [-0.25, -0.2) is 0 Å². The fourth-order valence-electron chi connectivity index (χ4n) is 3.03. The number of H-pyrrole nitrogens is 1. The molecule has 1 aliphatic carbocycles. The van der Waals surface area contributed by atoms with E-state index in [1.54, 1.807) is 6.20 Å². The summed E-state index contributed by atoms with van der Waals surface area (Å²) in [6, 6.07) is 9.94. The van der Waals surface area contributed by atoms with Gasteiger partial charge in [-0.15, -0.1) is 10.2 Å². The number of anilines is 1. The molecule has 0 unspecified atom stereocenters. The summed E-state index contributed by atoms with van der Waals surface area (Å²) in [7, 11) is 0. The number of nitrogens with zero attached hydrogens (tertiary/aromatic N) is 3. The van der Waals surface area contributed by atoms with Gasteiger partial charge in [0.2, 0.25) is 0 Å². The first-order valence-electron chi connectivity index (χ1n) is 7.90. The second-order valence-electron chi connectivity index (χ2n) is 6.34. The van der Waals surface area contributed by atoms with E-state index in [1.807, 2.05) is 30.3 Å². The van der Waals surface area contributed by atoms with Crippen LogP contribution in [0.15, 0.2) is 36.5 Å². The molecule has 0 atom stereocenters. The van der Waals surface area contributed by atoms with Gasteiger partial charge < -0.3 is 10.4 Å². The maximum absolute atomic E-state index is 9.49. The molecule has 3 N–H and O–H groups in total. The molecule has 0 amide bonds. The van der Waals surface area contributed by atoms with Crippen LogP contribution < -0.4 is 5.32 Å². The van der Waals surface area contributed by atoms with Crippen LogP contribution in [0.3, 0.4) is 0 Å². The lowest BCUT2D eigenvalue weighted by molar-refractivity contribution is 0.0575. The summed E-state index contributed by atoms with van der Waals surface area (Å²) in [6.45, 7) is 0.981. The Labute approximate surface area is 134 Å². The Morgan fingerprint density at radius 3 is 2.78 bits per heavy atom. The largest absolute Gasteiger partial charge is 0.396 e. The Hall–Kier alpha value is -2.47. The van der Waals surface area contributed by atoms with Gasteiger partial charge in [0, 0.05) is 22.9 Å². The number of hydrogen-bond acceptors (Lipinski definition) is 5. The van der Waals surface area contributed by atoms with Crippen LogP contribution in [-0.2, 0) is 0 Å². The first-order valence-corrected chi connectivity index (χ1v) is 7.90. The van der Waals surface area contributed by atoms with Crippen molar-refractivity contribution in [2.45, 2.75) is 19.3 Å². The van der Waals surface area contributed by atoms with E-state index >= 15 is 0 Å². The third kappa shape index (κ3) is 2.66. The summed E-state index contributed by atoms with van der Waals surface area (Å²) in [5, 5.41) is 29.4. The van der Waals surface area contributed by atoms with E-state index in [2.05, 4.69) is 25.7 Å². The fourth-order valence-corrected chi connectivity index (χ4v) is 3.03. The maximum atomic E-state index is 9.49. The third-order valence-electron chi connectivity index (χ3n) is 4.79. The summed E-state index contributed by atoms with van der Waals surface area (Å²) in [4.78, 5) is 0. The van der Waals surface area contributed by atoms with E-state index in [0.29, 0.717) is 0 Å². The first-order chi connectivity index (χ1) is 11.3. The lowest BCUT2D eigenvalue weighted by Crippen LogP contribution is -2.39. The molecule has 0 saturated heterocycles. The van der Waals surface area contributed by atoms with Gasteiger partial charge >= 0.3 is 0 Å². The molecule has 0 aliphatic heterocycles. The Kier molecular flexibility index (Phi) is 3.46. The molecule has 0 spiro atoms. The minimum atomic E-state index is 0.0344. The topological polar surface area (TPSA) is 86.7 Å². The summed E-state index contributed by atoms with van der Waals surface area (Å²) in [5.74, 6) is 0.748. The van der Waals surface area contributed by atoms with Gasteiger partial charge in [0.25, 0.3) is 0 Å². The number of fused-ring (bicyclic) bond motifs is 1. The van der Waals surface area contributed by atoms with E-state index in [4.69, 9.17) is 0 Å². The Balaban J connectivity index is 1.48. The second kappa shape index (κ2) is 5.62. The summed E-state index contributed by atoms with van der Waals surface area (Å²) >= 11 is 0. The van der Waals surface area contributed by atoms with Crippen LogP contribution in [0.4, 0.5) is 5.82 Å². The number of aromatic nitrogens is 4. The molecule has 23 heavy (non-hydrogen) atoms. The normalized spacial score (nSPS) is 16.2. The number of benzene rings is 1. The second-order valence-corrected chi connectivity index (χ2v) is 6.34. The molecule has 1 saturated carbocycles. The lowest BCUT2D eigenvalue weighted by Gasteiger charge is -2.40. The van der Waals surface area contributed by atoms with Crippen LogP contribution >= 0.6 is 0 Å². The number of aliphatic hydroxyl groups excluding tert-OH is 1. The molecule has 6 nitrogen and oxygen atoms in total. The molecule has 0 bridgehead atoms. The van der Waals surface area contributed by atoms with Crippen molar-refractivity contribution in [3.8, 4) is 11.3 Å². The molecule has 118 valence electrons. The zero-order chi connectivity index (χ0) is 15.7. The van der Waals surface area contributed by atoms with Gasteiger partial charge in [-0.3, -0.25) is 5.10 Å². The quantitative estimate of drug-likeness (QED) is 0.674. The van der Waals surface area contributed by atoms with Crippen molar-refractivity contribution in [2.24, 2.45) is 5.41 Å². The molecule has 0 radical (unpaired) electrons. The van der Waals surface area contributed by atoms with Crippen molar-refractivity contribution >= 4 is 16.7 Å². The molecule has 4 rings (SSSR count). The van der Waals surface area contributed by atoms with Crippen molar-refractivity contribution in [1.82, 2.24) is 20.4 Å². The molecule has 2 heterocycles. The van der Waals surface area contributed by atoms with Gasteiger partial charge in [-0.05, 0) is 37.1 Å². The molecule has 1 aliphatic rings. The molecular formula is C17H19N5O. The van der Waals surface area contributed by atoms with Crippen LogP contribution in [0.1, 0.15) is 19.3 Å². The van der Waals surface area contributed by atoms with Crippen molar-refractivity contribution in [2.75, 3.05) is 18.5 Å². The highest BCUT2D eigenvalue weighted by Crippen LogP contribution is 2.40. The zero-order valence-corrected chi connectivity index (χ0v) is 12.8. The highest BCUT2D eigenvalue weighted by atomic mass is 16.3. The zero-order valence-electron chi connectivity index (χ0n) is 12.8. The highest BCUT2D eigenvalue weighted by molar-refractivity contribution is 5.83.